The Morgan fingerprint density at radius 2 is 1.88 bits per heavy atom. The summed E-state index contributed by atoms with van der Waals surface area (Å²) in [7, 11) is 1.27. The molecule has 2 heterocycles. The van der Waals surface area contributed by atoms with Crippen molar-refractivity contribution in [3.8, 4) is 0 Å². The van der Waals surface area contributed by atoms with Crippen LogP contribution in [0.2, 0.25) is 0 Å². The highest BCUT2D eigenvalue weighted by Gasteiger charge is 2.36. The number of imidazole rings is 1. The maximum Gasteiger partial charge on any atom is 0.449 e. The van der Waals surface area contributed by atoms with Gasteiger partial charge < -0.3 is 14.8 Å². The molecule has 2 amide bonds. The smallest absolute Gasteiger partial charge is 0.334 e. The largest absolute Gasteiger partial charge is 0.449 e. The van der Waals surface area contributed by atoms with Crippen LogP contribution in [0.25, 0.3) is 11.0 Å². The molecule has 0 aliphatic carbocycles. The number of fused-ring (bicyclic) bond motifs is 1. The summed E-state index contributed by atoms with van der Waals surface area (Å²) >= 11 is 0. The highest BCUT2D eigenvalue weighted by Crippen LogP contribution is 2.31. The number of likely N-dealkylation sites (tertiary alicyclic amines) is 1. The topological polar surface area (TPSA) is 67.2 Å². The monoisotopic (exact) mass is 340 g/mol. The average Bonchev–Trinajstić information content (AvgIpc) is 3.14. The minimum Gasteiger partial charge on any atom is -0.334 e. The normalized spacial score (nSPS) is 15.1. The van der Waals surface area contributed by atoms with E-state index in [-0.39, 0.29) is 16.7 Å². The number of nitrogens with zero attached hydrogens (tertiary/aromatic N) is 3. The lowest BCUT2D eigenvalue weighted by Crippen LogP contribution is -2.37. The number of aromatic nitrogens is 2. The molecule has 1 aromatic heterocycles. The summed E-state index contributed by atoms with van der Waals surface area (Å²) in [6.07, 6.45) is -2.85. The molecule has 9 heteroatoms. The molecule has 1 aliphatic heterocycles. The average molecular weight is 340 g/mol. The van der Waals surface area contributed by atoms with E-state index in [0.717, 1.165) is 17.4 Å². The zero-order valence-corrected chi connectivity index (χ0v) is 12.9. The van der Waals surface area contributed by atoms with Crippen molar-refractivity contribution in [3.63, 3.8) is 0 Å². The predicted molar refractivity (Wildman–Crippen MR) is 80.2 cm³/mol. The number of nitrogens with one attached hydrogen (secondary N) is 1. The van der Waals surface area contributed by atoms with E-state index in [2.05, 4.69) is 10.3 Å². The molecule has 0 spiro atoms. The predicted octanol–water partition coefficient (Wildman–Crippen LogP) is 2.15. The van der Waals surface area contributed by atoms with Crippen molar-refractivity contribution in [2.24, 2.45) is 7.05 Å². The molecular formula is C15H15F3N4O2. The summed E-state index contributed by atoms with van der Waals surface area (Å²) in [6.45, 7) is 1.08. The summed E-state index contributed by atoms with van der Waals surface area (Å²) < 4.78 is 39.6. The molecule has 1 fully saturated rings. The van der Waals surface area contributed by atoms with Gasteiger partial charge >= 0.3 is 18.0 Å². The number of hydrogen-bond acceptors (Lipinski definition) is 3. The maximum absolute atomic E-state index is 12.9. The van der Waals surface area contributed by atoms with Crippen molar-refractivity contribution >= 4 is 28.5 Å². The number of alkyl halides is 3. The van der Waals surface area contributed by atoms with Crippen LogP contribution in [0.3, 0.4) is 0 Å². The van der Waals surface area contributed by atoms with Crippen molar-refractivity contribution in [1.29, 1.82) is 0 Å². The molecule has 128 valence electrons. The second kappa shape index (κ2) is 5.81. The van der Waals surface area contributed by atoms with Gasteiger partial charge in [0.1, 0.15) is 0 Å². The summed E-state index contributed by atoms with van der Waals surface area (Å²) in [5.74, 6) is -2.46. The quantitative estimate of drug-likeness (QED) is 0.809. The highest BCUT2D eigenvalue weighted by atomic mass is 19.4. The van der Waals surface area contributed by atoms with Crippen molar-refractivity contribution in [1.82, 2.24) is 14.5 Å². The molecule has 1 aromatic carbocycles. The van der Waals surface area contributed by atoms with Crippen LogP contribution in [-0.4, -0.2) is 39.4 Å². The molecule has 3 rings (SSSR count). The maximum atomic E-state index is 12.9. The van der Waals surface area contributed by atoms with Crippen LogP contribution in [0, 0.1) is 0 Å². The second-order valence-corrected chi connectivity index (χ2v) is 5.65. The van der Waals surface area contributed by atoms with Crippen molar-refractivity contribution in [2.75, 3.05) is 18.4 Å². The minimum atomic E-state index is -4.57. The van der Waals surface area contributed by atoms with Crippen LogP contribution >= 0.6 is 0 Å². The lowest BCUT2D eigenvalue weighted by molar-refractivity contribution is -0.146. The van der Waals surface area contributed by atoms with E-state index in [9.17, 15) is 22.8 Å². The fraction of sp³-hybridized carbons (Fsp3) is 0.400. The third-order valence-electron chi connectivity index (χ3n) is 3.98. The fourth-order valence-corrected chi connectivity index (χ4v) is 2.78. The molecule has 0 radical (unpaired) electrons. The molecule has 1 N–H and O–H groups in total. The molecule has 24 heavy (non-hydrogen) atoms. The van der Waals surface area contributed by atoms with Gasteiger partial charge in [-0.25, -0.2) is 4.98 Å². The number of aryl methyl sites for hydroxylation is 1. The Morgan fingerprint density at radius 3 is 2.50 bits per heavy atom. The molecule has 0 atom stereocenters. The van der Waals surface area contributed by atoms with Gasteiger partial charge in [-0.05, 0) is 31.0 Å². The van der Waals surface area contributed by atoms with E-state index in [0.29, 0.717) is 13.1 Å². The first-order chi connectivity index (χ1) is 11.3. The Labute approximate surface area is 135 Å². The van der Waals surface area contributed by atoms with E-state index in [1.54, 1.807) is 0 Å². The Morgan fingerprint density at radius 1 is 1.21 bits per heavy atom. The Balaban J connectivity index is 1.83. The lowest BCUT2D eigenvalue weighted by Gasteiger charge is -2.14. The number of hydrogen-bond donors (Lipinski definition) is 1. The fourth-order valence-electron chi connectivity index (χ4n) is 2.78. The van der Waals surface area contributed by atoms with E-state index in [1.807, 2.05) is 0 Å². The van der Waals surface area contributed by atoms with Gasteiger partial charge in [0.25, 0.3) is 0 Å². The third kappa shape index (κ3) is 2.93. The lowest BCUT2D eigenvalue weighted by atomic mass is 10.2. The number of halogens is 3. The van der Waals surface area contributed by atoms with Crippen LogP contribution in [0.4, 0.5) is 18.9 Å². The van der Waals surface area contributed by atoms with Gasteiger partial charge in [-0.2, -0.15) is 13.2 Å². The van der Waals surface area contributed by atoms with Gasteiger partial charge in [0.15, 0.2) is 0 Å². The zero-order valence-electron chi connectivity index (χ0n) is 12.9. The van der Waals surface area contributed by atoms with Gasteiger partial charge in [0.2, 0.25) is 5.82 Å². The van der Waals surface area contributed by atoms with Crippen molar-refractivity contribution < 1.29 is 22.8 Å². The van der Waals surface area contributed by atoms with Gasteiger partial charge in [-0.1, -0.05) is 0 Å². The van der Waals surface area contributed by atoms with Crippen LogP contribution < -0.4 is 5.32 Å². The van der Waals surface area contributed by atoms with Crippen molar-refractivity contribution in [3.05, 3.63) is 24.0 Å². The molecule has 0 saturated carbocycles. The first-order valence-corrected chi connectivity index (χ1v) is 7.41. The zero-order chi connectivity index (χ0) is 17.5. The molecule has 1 aliphatic rings. The third-order valence-corrected chi connectivity index (χ3v) is 3.98. The summed E-state index contributed by atoms with van der Waals surface area (Å²) in [4.78, 5) is 28.9. The summed E-state index contributed by atoms with van der Waals surface area (Å²) in [6, 6.07) is 4.19. The van der Waals surface area contributed by atoms with Crippen LogP contribution in [0.5, 0.6) is 0 Å². The summed E-state index contributed by atoms with van der Waals surface area (Å²) in [5.41, 5.74) is 0.606. The molecule has 6 nitrogen and oxygen atoms in total. The first-order valence-electron chi connectivity index (χ1n) is 7.41. The van der Waals surface area contributed by atoms with E-state index < -0.39 is 23.8 Å². The standard InChI is InChI=1S/C15H15F3N4O2/c1-21-11-5-4-9(8-10(11)20-14(21)15(16,17)18)19-12(23)13(24)22-6-2-3-7-22/h4-5,8H,2-3,6-7H2,1H3,(H,19,23). The SMILES string of the molecule is Cn1c(C(F)(F)F)nc2cc(NC(=O)C(=O)N3CCCC3)ccc21. The number of carbonyl (C=O) groups is 2. The Hall–Kier alpha value is -2.58. The summed E-state index contributed by atoms with van der Waals surface area (Å²) in [5, 5.41) is 2.42. The number of carbonyl (C=O) groups excluding carboxylic acids is 2. The second-order valence-electron chi connectivity index (χ2n) is 5.65. The highest BCUT2D eigenvalue weighted by molar-refractivity contribution is 6.39. The number of rotatable bonds is 1. The van der Waals surface area contributed by atoms with E-state index in [4.69, 9.17) is 0 Å². The Kier molecular flexibility index (Phi) is 3.94. The van der Waals surface area contributed by atoms with Crippen LogP contribution in [0.15, 0.2) is 18.2 Å². The van der Waals surface area contributed by atoms with Gasteiger partial charge in [0.05, 0.1) is 11.0 Å². The molecule has 0 bridgehead atoms. The minimum absolute atomic E-state index is 0.0937. The molecule has 0 unspecified atom stereocenters. The molecule has 1 saturated heterocycles. The van der Waals surface area contributed by atoms with Crippen LogP contribution in [0.1, 0.15) is 18.7 Å². The van der Waals surface area contributed by atoms with E-state index >= 15 is 0 Å². The van der Waals surface area contributed by atoms with Crippen molar-refractivity contribution in [2.45, 2.75) is 19.0 Å². The first kappa shape index (κ1) is 16.3. The molecular weight excluding hydrogens is 325 g/mol. The number of benzene rings is 1. The van der Waals surface area contributed by atoms with Gasteiger partial charge in [-0.3, -0.25) is 9.59 Å². The Bertz CT molecular complexity index is 807. The van der Waals surface area contributed by atoms with Crippen LogP contribution in [-0.2, 0) is 22.8 Å². The number of amides is 2. The van der Waals surface area contributed by atoms with E-state index in [1.165, 1.54) is 30.1 Å². The van der Waals surface area contributed by atoms with Gasteiger partial charge in [0, 0.05) is 25.8 Å². The molecule has 2 aromatic rings. The van der Waals surface area contributed by atoms with Gasteiger partial charge in [-0.15, -0.1) is 0 Å². The number of anilines is 1.